The maximum Gasteiger partial charge on any atom is 0.272 e. The van der Waals surface area contributed by atoms with Gasteiger partial charge in [-0.3, -0.25) is 10.1 Å². The minimum atomic E-state index is -0.359. The van der Waals surface area contributed by atoms with E-state index in [9.17, 15) is 14.5 Å². The van der Waals surface area contributed by atoms with Crippen LogP contribution in [0.25, 0.3) is 0 Å². The van der Waals surface area contributed by atoms with Crippen LogP contribution in [0, 0.1) is 43.6 Å². The Hall–Kier alpha value is -2.23. The first-order valence-electron chi connectivity index (χ1n) is 6.25. The van der Waals surface area contributed by atoms with Gasteiger partial charge in [-0.25, -0.2) is 4.39 Å². The molecule has 2 aromatic carbocycles. The maximum absolute atomic E-state index is 12.6. The van der Waals surface area contributed by atoms with Gasteiger partial charge in [0, 0.05) is 11.6 Å². The van der Waals surface area contributed by atoms with Gasteiger partial charge in [-0.2, -0.15) is 0 Å². The number of benzene rings is 2. The predicted octanol–water partition coefficient (Wildman–Crippen LogP) is 4.65. The fourth-order valence-electron chi connectivity index (χ4n) is 1.61. The van der Waals surface area contributed by atoms with Gasteiger partial charge in [-0.1, -0.05) is 24.3 Å². The van der Waals surface area contributed by atoms with Gasteiger partial charge in [0.1, 0.15) is 5.82 Å². The summed E-state index contributed by atoms with van der Waals surface area (Å²) in [6, 6.07) is 10.4. The van der Waals surface area contributed by atoms with Gasteiger partial charge in [0.2, 0.25) is 0 Å². The second-order valence-corrected chi connectivity index (χ2v) is 4.80. The zero-order valence-electron chi connectivity index (χ0n) is 12.1. The van der Waals surface area contributed by atoms with Crippen molar-refractivity contribution in [3.63, 3.8) is 0 Å². The summed E-state index contributed by atoms with van der Waals surface area (Å²) in [4.78, 5) is 10.0. The molecule has 0 N–H and O–H groups in total. The highest BCUT2D eigenvalue weighted by molar-refractivity contribution is 5.41. The number of hydrogen-bond donors (Lipinski definition) is 0. The van der Waals surface area contributed by atoms with Crippen LogP contribution in [0.2, 0.25) is 0 Å². The summed E-state index contributed by atoms with van der Waals surface area (Å²) in [6.45, 7) is 7.21. The second-order valence-electron chi connectivity index (χ2n) is 4.80. The number of nitrogens with zero attached hydrogens (tertiary/aromatic N) is 1. The summed E-state index contributed by atoms with van der Waals surface area (Å²) in [5.74, 6) is -0.116. The Kier molecular flexibility index (Phi) is 5.38. The van der Waals surface area contributed by atoms with Crippen molar-refractivity contribution in [1.29, 1.82) is 0 Å². The summed E-state index contributed by atoms with van der Waals surface area (Å²) in [5.41, 5.74) is 3.51. The molecule has 0 amide bonds. The van der Waals surface area contributed by atoms with Crippen LogP contribution in [-0.4, -0.2) is 4.92 Å². The quantitative estimate of drug-likeness (QED) is 0.561. The Balaban J connectivity index is 0.000000204. The lowest BCUT2D eigenvalue weighted by Crippen LogP contribution is -1.91. The first-order valence-corrected chi connectivity index (χ1v) is 6.25. The second kappa shape index (κ2) is 6.80. The third-order valence-electron chi connectivity index (χ3n) is 2.89. The Morgan fingerprint density at radius 2 is 1.40 bits per heavy atom. The minimum Gasteiger partial charge on any atom is -0.258 e. The van der Waals surface area contributed by atoms with Crippen LogP contribution >= 0.6 is 0 Å². The molecule has 0 aliphatic rings. The molecule has 0 saturated heterocycles. The van der Waals surface area contributed by atoms with Gasteiger partial charge < -0.3 is 0 Å². The summed E-state index contributed by atoms with van der Waals surface area (Å²) in [7, 11) is 0. The minimum absolute atomic E-state index is 0.116. The molecular formula is C16H18FNO2. The summed E-state index contributed by atoms with van der Waals surface area (Å²) in [6.07, 6.45) is 0. The predicted molar refractivity (Wildman–Crippen MR) is 78.4 cm³/mol. The molecule has 4 heteroatoms. The largest absolute Gasteiger partial charge is 0.272 e. The van der Waals surface area contributed by atoms with Gasteiger partial charge in [0.25, 0.3) is 5.69 Å². The average molecular weight is 275 g/mol. The molecule has 0 atom stereocenters. The van der Waals surface area contributed by atoms with Gasteiger partial charge in [0.15, 0.2) is 0 Å². The zero-order chi connectivity index (χ0) is 15.3. The lowest BCUT2D eigenvalue weighted by molar-refractivity contribution is -0.385. The highest BCUT2D eigenvalue weighted by Gasteiger charge is 2.08. The van der Waals surface area contributed by atoms with E-state index < -0.39 is 0 Å². The van der Waals surface area contributed by atoms with Crippen molar-refractivity contribution in [2.75, 3.05) is 0 Å². The molecule has 2 aromatic rings. The van der Waals surface area contributed by atoms with E-state index in [1.54, 1.807) is 32.0 Å². The van der Waals surface area contributed by atoms with E-state index in [0.29, 0.717) is 11.1 Å². The van der Waals surface area contributed by atoms with Crippen LogP contribution < -0.4 is 0 Å². The number of rotatable bonds is 1. The third-order valence-corrected chi connectivity index (χ3v) is 2.89. The van der Waals surface area contributed by atoms with E-state index in [2.05, 4.69) is 0 Å². The van der Waals surface area contributed by atoms with Crippen LogP contribution in [0.5, 0.6) is 0 Å². The zero-order valence-corrected chi connectivity index (χ0v) is 12.1. The number of halogens is 1. The highest BCUT2D eigenvalue weighted by Crippen LogP contribution is 2.18. The third kappa shape index (κ3) is 4.46. The Morgan fingerprint density at radius 1 is 0.900 bits per heavy atom. The number of nitro benzene ring substituents is 1. The molecule has 0 aliphatic carbocycles. The van der Waals surface area contributed by atoms with E-state index in [1.807, 2.05) is 26.0 Å². The normalized spacial score (nSPS) is 9.65. The fourth-order valence-corrected chi connectivity index (χ4v) is 1.61. The van der Waals surface area contributed by atoms with Crippen LogP contribution in [0.4, 0.5) is 10.1 Å². The van der Waals surface area contributed by atoms with E-state index in [4.69, 9.17) is 0 Å². The summed E-state index contributed by atoms with van der Waals surface area (Å²) < 4.78 is 12.6. The lowest BCUT2D eigenvalue weighted by Gasteiger charge is -1.96. The molecule has 0 heterocycles. The molecule has 106 valence electrons. The van der Waals surface area contributed by atoms with Crippen LogP contribution in [0.1, 0.15) is 22.3 Å². The SMILES string of the molecule is Cc1ccc(C)c(F)c1.Cc1ccc(C)c([N+](=O)[O-])c1. The summed E-state index contributed by atoms with van der Waals surface area (Å²) >= 11 is 0. The maximum atomic E-state index is 12.6. The van der Waals surface area contributed by atoms with Crippen molar-refractivity contribution >= 4 is 5.69 Å². The molecule has 3 nitrogen and oxygen atoms in total. The van der Waals surface area contributed by atoms with E-state index in [1.165, 1.54) is 6.07 Å². The number of aryl methyl sites for hydroxylation is 4. The molecule has 0 aromatic heterocycles. The average Bonchev–Trinajstić information content (AvgIpc) is 2.38. The first-order chi connectivity index (χ1) is 9.31. The Labute approximate surface area is 118 Å². The molecule has 0 fully saturated rings. The first kappa shape index (κ1) is 15.8. The van der Waals surface area contributed by atoms with Crippen molar-refractivity contribution in [3.8, 4) is 0 Å². The molecular weight excluding hydrogens is 257 g/mol. The van der Waals surface area contributed by atoms with Crippen LogP contribution in [0.3, 0.4) is 0 Å². The van der Waals surface area contributed by atoms with E-state index in [0.717, 1.165) is 11.1 Å². The lowest BCUT2D eigenvalue weighted by atomic mass is 10.1. The van der Waals surface area contributed by atoms with Gasteiger partial charge >= 0.3 is 0 Å². The Bertz CT molecular complexity index is 624. The van der Waals surface area contributed by atoms with Crippen molar-refractivity contribution in [1.82, 2.24) is 0 Å². The smallest absolute Gasteiger partial charge is 0.258 e. The van der Waals surface area contributed by atoms with Crippen molar-refractivity contribution < 1.29 is 9.31 Å². The molecule has 0 aliphatic heterocycles. The fraction of sp³-hybridized carbons (Fsp3) is 0.250. The van der Waals surface area contributed by atoms with E-state index in [-0.39, 0.29) is 16.4 Å². The molecule has 0 radical (unpaired) electrons. The van der Waals surface area contributed by atoms with E-state index >= 15 is 0 Å². The monoisotopic (exact) mass is 275 g/mol. The number of nitro groups is 1. The molecule has 20 heavy (non-hydrogen) atoms. The highest BCUT2D eigenvalue weighted by atomic mass is 19.1. The van der Waals surface area contributed by atoms with Gasteiger partial charge in [-0.15, -0.1) is 0 Å². The molecule has 0 spiro atoms. The standard InChI is InChI=1S/C8H9F.C8H9NO2/c1-6-3-4-7(2)8(9)5-6;1-6-3-4-7(2)8(5-6)9(10)11/h3-5H,1-2H3;3-5H,1-2H3. The molecule has 0 saturated carbocycles. The molecule has 2 rings (SSSR count). The van der Waals surface area contributed by atoms with Gasteiger partial charge in [0.05, 0.1) is 4.92 Å². The van der Waals surface area contributed by atoms with Crippen molar-refractivity contribution in [3.05, 3.63) is 74.6 Å². The summed E-state index contributed by atoms with van der Waals surface area (Å²) in [5, 5.41) is 10.4. The van der Waals surface area contributed by atoms with Crippen LogP contribution in [-0.2, 0) is 0 Å². The Morgan fingerprint density at radius 3 is 1.80 bits per heavy atom. The van der Waals surface area contributed by atoms with Crippen molar-refractivity contribution in [2.24, 2.45) is 0 Å². The number of hydrogen-bond acceptors (Lipinski definition) is 2. The molecule has 0 bridgehead atoms. The molecule has 0 unspecified atom stereocenters. The van der Waals surface area contributed by atoms with Crippen LogP contribution in [0.15, 0.2) is 36.4 Å². The van der Waals surface area contributed by atoms with Gasteiger partial charge in [-0.05, 0) is 50.5 Å². The topological polar surface area (TPSA) is 43.1 Å². The van der Waals surface area contributed by atoms with Crippen molar-refractivity contribution in [2.45, 2.75) is 27.7 Å².